The number of hydrogen-bond acceptors (Lipinski definition) is 6. The van der Waals surface area contributed by atoms with Gasteiger partial charge in [-0.3, -0.25) is 4.99 Å². The lowest BCUT2D eigenvalue weighted by Gasteiger charge is -2.37. The maximum atomic E-state index is 14.5. The van der Waals surface area contributed by atoms with Crippen molar-refractivity contribution >= 4 is 39.6 Å². The van der Waals surface area contributed by atoms with Crippen LogP contribution in [0, 0.1) is 5.82 Å². The zero-order valence-electron chi connectivity index (χ0n) is 11.8. The van der Waals surface area contributed by atoms with Crippen LogP contribution in [0.15, 0.2) is 31.7 Å². The Labute approximate surface area is 135 Å². The first-order chi connectivity index (χ1) is 10.8. The van der Waals surface area contributed by atoms with Crippen LogP contribution in [0.3, 0.4) is 0 Å². The molecule has 0 amide bonds. The molecule has 1 N–H and O–H groups in total. The van der Waals surface area contributed by atoms with Crippen molar-refractivity contribution in [1.82, 2.24) is 15.2 Å². The first-order valence-corrected chi connectivity index (χ1v) is 7.95. The first-order valence-electron chi connectivity index (χ1n) is 7.15. The van der Waals surface area contributed by atoms with Crippen LogP contribution in [0.25, 0.3) is 0 Å². The van der Waals surface area contributed by atoms with Gasteiger partial charge in [0.1, 0.15) is 0 Å². The third kappa shape index (κ3) is 2.14. The number of nitrogens with one attached hydrogen (secondary N) is 1. The second-order valence-corrected chi connectivity index (χ2v) is 6.03. The van der Waals surface area contributed by atoms with E-state index in [0.29, 0.717) is 34.1 Å². The summed E-state index contributed by atoms with van der Waals surface area (Å²) in [6.07, 6.45) is 1.71. The topological polar surface area (TPSA) is 55.6 Å². The molecule has 8 heteroatoms. The van der Waals surface area contributed by atoms with Gasteiger partial charge >= 0.3 is 0 Å². The predicted molar refractivity (Wildman–Crippen MR) is 87.4 cm³/mol. The van der Waals surface area contributed by atoms with E-state index in [2.05, 4.69) is 41.2 Å². The molecule has 1 aromatic carbocycles. The van der Waals surface area contributed by atoms with Crippen molar-refractivity contribution in [3.63, 3.8) is 0 Å². The average Bonchev–Trinajstić information content (AvgIpc) is 2.58. The minimum absolute atomic E-state index is 0.346. The van der Waals surface area contributed by atoms with Crippen molar-refractivity contribution in [2.45, 2.75) is 0 Å². The first kappa shape index (κ1) is 13.8. The number of nitrogens with zero attached hydrogens (tertiary/aromatic N) is 5. The molecule has 0 radical (unpaired) electrons. The van der Waals surface area contributed by atoms with Crippen LogP contribution >= 0.6 is 15.9 Å². The summed E-state index contributed by atoms with van der Waals surface area (Å²) in [5.41, 5.74) is 1.01. The van der Waals surface area contributed by atoms with Gasteiger partial charge in [0, 0.05) is 32.4 Å². The Balaban J connectivity index is 1.86. The third-order valence-electron chi connectivity index (χ3n) is 3.83. The van der Waals surface area contributed by atoms with Crippen LogP contribution < -0.4 is 5.32 Å². The van der Waals surface area contributed by atoms with Gasteiger partial charge in [-0.1, -0.05) is 0 Å². The molecule has 114 valence electrons. The highest BCUT2D eigenvalue weighted by atomic mass is 79.9. The Hall–Kier alpha value is -1.80. The molecule has 0 bridgehead atoms. The fourth-order valence-electron chi connectivity index (χ4n) is 2.77. The van der Waals surface area contributed by atoms with Gasteiger partial charge in [-0.2, -0.15) is 10.1 Å². The summed E-state index contributed by atoms with van der Waals surface area (Å²) in [6, 6.07) is 3.48. The van der Waals surface area contributed by atoms with E-state index < -0.39 is 0 Å². The number of rotatable bonds is 0. The minimum Gasteiger partial charge on any atom is -0.338 e. The van der Waals surface area contributed by atoms with Gasteiger partial charge in [0.15, 0.2) is 11.7 Å². The molecular weight excluding hydrogens is 351 g/mol. The van der Waals surface area contributed by atoms with E-state index in [1.807, 2.05) is 6.07 Å². The van der Waals surface area contributed by atoms with Crippen LogP contribution in [0.5, 0.6) is 0 Å². The molecule has 0 aliphatic carbocycles. The zero-order chi connectivity index (χ0) is 15.1. The van der Waals surface area contributed by atoms with Crippen LogP contribution in [-0.2, 0) is 0 Å². The van der Waals surface area contributed by atoms with Gasteiger partial charge in [0.2, 0.25) is 5.96 Å². The van der Waals surface area contributed by atoms with E-state index in [-0.39, 0.29) is 5.82 Å². The Morgan fingerprint density at radius 1 is 1.23 bits per heavy atom. The fourth-order valence-corrected chi connectivity index (χ4v) is 3.10. The van der Waals surface area contributed by atoms with Crippen molar-refractivity contribution in [1.29, 1.82) is 0 Å². The molecule has 0 atom stereocenters. The third-order valence-corrected chi connectivity index (χ3v) is 4.44. The lowest BCUT2D eigenvalue weighted by atomic mass is 10.1. The molecule has 0 saturated carbocycles. The van der Waals surface area contributed by atoms with Gasteiger partial charge in [-0.25, -0.2) is 9.38 Å². The fraction of sp³-hybridized carbons (Fsp3) is 0.357. The second-order valence-electron chi connectivity index (χ2n) is 5.18. The van der Waals surface area contributed by atoms with Gasteiger partial charge in [0.05, 0.1) is 22.3 Å². The smallest absolute Gasteiger partial charge is 0.229 e. The van der Waals surface area contributed by atoms with Gasteiger partial charge < -0.3 is 10.2 Å². The van der Waals surface area contributed by atoms with Gasteiger partial charge in [-0.05, 0) is 28.1 Å². The molecule has 3 aliphatic heterocycles. The molecular formula is C14H14BrFN6. The molecule has 4 rings (SSSR count). The number of fused-ring (bicyclic) bond motifs is 3. The Kier molecular flexibility index (Phi) is 3.42. The summed E-state index contributed by atoms with van der Waals surface area (Å²) in [5, 5.41) is 9.34. The maximum Gasteiger partial charge on any atom is 0.229 e. The van der Waals surface area contributed by atoms with Crippen LogP contribution in [0.2, 0.25) is 0 Å². The summed E-state index contributed by atoms with van der Waals surface area (Å²) in [4.78, 5) is 11.2. The SMILES string of the molecule is Fc1c(Br)ccc2c1C1=NCC=NN1C(N1CCNCC1)=N2. The number of piperazine rings is 1. The summed E-state index contributed by atoms with van der Waals surface area (Å²) >= 11 is 3.23. The highest BCUT2D eigenvalue weighted by Crippen LogP contribution is 2.34. The lowest BCUT2D eigenvalue weighted by Crippen LogP contribution is -2.54. The van der Waals surface area contributed by atoms with Crippen molar-refractivity contribution in [2.24, 2.45) is 15.1 Å². The Bertz CT molecular complexity index is 708. The average molecular weight is 365 g/mol. The number of hydrazone groups is 1. The molecule has 1 fully saturated rings. The van der Waals surface area contributed by atoms with Crippen molar-refractivity contribution in [2.75, 3.05) is 32.7 Å². The summed E-state index contributed by atoms with van der Waals surface area (Å²) in [6.45, 7) is 3.92. The number of hydrogen-bond donors (Lipinski definition) is 1. The summed E-state index contributed by atoms with van der Waals surface area (Å²) in [5.74, 6) is 0.895. The molecule has 1 saturated heterocycles. The number of halogens is 2. The molecule has 22 heavy (non-hydrogen) atoms. The monoisotopic (exact) mass is 364 g/mol. The maximum absolute atomic E-state index is 14.5. The predicted octanol–water partition coefficient (Wildman–Crippen LogP) is 1.54. The summed E-state index contributed by atoms with van der Waals surface area (Å²) < 4.78 is 14.9. The largest absolute Gasteiger partial charge is 0.338 e. The molecule has 3 aliphatic rings. The van der Waals surface area contributed by atoms with E-state index >= 15 is 0 Å². The van der Waals surface area contributed by atoms with E-state index in [1.165, 1.54) is 0 Å². The van der Waals surface area contributed by atoms with Crippen LogP contribution in [0.1, 0.15) is 5.56 Å². The van der Waals surface area contributed by atoms with E-state index in [0.717, 1.165) is 26.2 Å². The molecule has 0 aromatic heterocycles. The zero-order valence-corrected chi connectivity index (χ0v) is 13.3. The highest BCUT2D eigenvalue weighted by molar-refractivity contribution is 9.10. The quantitative estimate of drug-likeness (QED) is 0.759. The standard InChI is InChI=1S/C14H14BrFN6/c15-9-1-2-10-11(12(9)16)13-18-3-4-19-22(13)14(20-10)21-7-5-17-6-8-21/h1-2,4,17H,3,5-8H2. The molecule has 3 heterocycles. The molecule has 0 unspecified atom stereocenters. The van der Waals surface area contributed by atoms with E-state index in [4.69, 9.17) is 0 Å². The van der Waals surface area contributed by atoms with Crippen LogP contribution in [0.4, 0.5) is 10.1 Å². The van der Waals surface area contributed by atoms with E-state index in [9.17, 15) is 4.39 Å². The Morgan fingerprint density at radius 2 is 2.05 bits per heavy atom. The molecule has 0 spiro atoms. The number of aliphatic imine (C=N–C) groups is 2. The van der Waals surface area contributed by atoms with Crippen LogP contribution in [-0.4, -0.2) is 60.6 Å². The van der Waals surface area contributed by atoms with Gasteiger partial charge in [-0.15, -0.1) is 0 Å². The van der Waals surface area contributed by atoms with Crippen molar-refractivity contribution in [3.8, 4) is 0 Å². The van der Waals surface area contributed by atoms with Gasteiger partial charge in [0.25, 0.3) is 0 Å². The Morgan fingerprint density at radius 3 is 2.86 bits per heavy atom. The van der Waals surface area contributed by atoms with Crippen molar-refractivity contribution in [3.05, 3.63) is 28.0 Å². The molecule has 6 nitrogen and oxygen atoms in total. The van der Waals surface area contributed by atoms with Crippen molar-refractivity contribution < 1.29 is 4.39 Å². The minimum atomic E-state index is -0.346. The number of benzene rings is 1. The summed E-state index contributed by atoms with van der Waals surface area (Å²) in [7, 11) is 0. The number of amidine groups is 1. The van der Waals surface area contributed by atoms with E-state index in [1.54, 1.807) is 17.3 Å². The molecule has 1 aromatic rings. The lowest BCUT2D eigenvalue weighted by molar-refractivity contribution is 0.326. The normalized spacial score (nSPS) is 20.3. The number of guanidine groups is 1. The second kappa shape index (κ2) is 5.44. The highest BCUT2D eigenvalue weighted by Gasteiger charge is 2.34.